The highest BCUT2D eigenvalue weighted by atomic mass is 19.1. The Balaban J connectivity index is 1.58. The molecule has 4 heterocycles. The quantitative estimate of drug-likeness (QED) is 0.789. The zero-order valence-corrected chi connectivity index (χ0v) is 17.3. The van der Waals surface area contributed by atoms with Crippen molar-refractivity contribution < 1.29 is 19.1 Å². The summed E-state index contributed by atoms with van der Waals surface area (Å²) in [6.07, 6.45) is 3.82. The number of carbonyl (C=O) groups is 2. The van der Waals surface area contributed by atoms with E-state index in [2.05, 4.69) is 5.32 Å². The Labute approximate surface area is 178 Å². The minimum absolute atomic E-state index is 0.00642. The second-order valence-electron chi connectivity index (χ2n) is 8.82. The SMILES string of the molecule is Cc1cccc(CNC(=O)c2c3n4c(c(O)c2=O)C(=O)N2CCCC[C@]4(CC3)C2)c1F. The normalized spacial score (nSPS) is 21.6. The van der Waals surface area contributed by atoms with Gasteiger partial charge in [-0.3, -0.25) is 14.4 Å². The van der Waals surface area contributed by atoms with Crippen molar-refractivity contribution in [1.29, 1.82) is 0 Å². The Kier molecular flexibility index (Phi) is 4.42. The molecule has 0 saturated carbocycles. The van der Waals surface area contributed by atoms with E-state index < -0.39 is 28.4 Å². The van der Waals surface area contributed by atoms with Gasteiger partial charge in [0.15, 0.2) is 11.4 Å². The molecule has 1 atom stereocenters. The standard InChI is InChI=1S/C23H24FN3O4/c1-13-5-4-6-14(17(13)24)11-25-21(30)16-15-7-9-23-8-2-3-10-26(12-23)22(31)18(27(15)23)20(29)19(16)28/h4-6,29H,2-3,7-12H2,1H3,(H,25,30)/t23-/m0/s1. The van der Waals surface area contributed by atoms with E-state index in [0.29, 0.717) is 42.8 Å². The number of pyridine rings is 1. The third-order valence-electron chi connectivity index (χ3n) is 6.98. The fraction of sp³-hybridized carbons (Fsp3) is 0.435. The smallest absolute Gasteiger partial charge is 0.274 e. The molecule has 31 heavy (non-hydrogen) atoms. The lowest BCUT2D eigenvalue weighted by atomic mass is 9.89. The lowest BCUT2D eigenvalue weighted by Gasteiger charge is -2.41. The first-order chi connectivity index (χ1) is 14.8. The molecule has 0 aliphatic carbocycles. The van der Waals surface area contributed by atoms with Gasteiger partial charge in [0.2, 0.25) is 5.43 Å². The van der Waals surface area contributed by atoms with Gasteiger partial charge in [-0.15, -0.1) is 0 Å². The number of aromatic nitrogens is 1. The Bertz CT molecular complexity index is 1190. The van der Waals surface area contributed by atoms with Crippen LogP contribution in [-0.4, -0.2) is 39.5 Å². The van der Waals surface area contributed by atoms with Gasteiger partial charge in [0, 0.05) is 30.9 Å². The van der Waals surface area contributed by atoms with Crippen molar-refractivity contribution in [2.75, 3.05) is 13.1 Å². The summed E-state index contributed by atoms with van der Waals surface area (Å²) in [5, 5.41) is 13.3. The van der Waals surface area contributed by atoms with E-state index in [1.165, 1.54) is 0 Å². The average molecular weight is 425 g/mol. The Morgan fingerprint density at radius 3 is 2.87 bits per heavy atom. The third kappa shape index (κ3) is 2.80. The first-order valence-corrected chi connectivity index (χ1v) is 10.7. The molecule has 1 aromatic carbocycles. The second-order valence-corrected chi connectivity index (χ2v) is 8.82. The number of hydrogen-bond donors (Lipinski definition) is 2. The van der Waals surface area contributed by atoms with Crippen LogP contribution in [-0.2, 0) is 18.5 Å². The van der Waals surface area contributed by atoms with Crippen molar-refractivity contribution in [3.05, 3.63) is 62.3 Å². The van der Waals surface area contributed by atoms with E-state index in [-0.39, 0.29) is 23.7 Å². The number of rotatable bonds is 3. The summed E-state index contributed by atoms with van der Waals surface area (Å²) < 4.78 is 16.1. The van der Waals surface area contributed by atoms with Crippen LogP contribution in [0, 0.1) is 12.7 Å². The maximum atomic E-state index is 14.3. The summed E-state index contributed by atoms with van der Waals surface area (Å²) in [6, 6.07) is 4.92. The number of fused-ring (bicyclic) bond motifs is 1. The molecule has 0 unspecified atom stereocenters. The molecule has 2 amide bonds. The van der Waals surface area contributed by atoms with E-state index >= 15 is 0 Å². The molecule has 7 nitrogen and oxygen atoms in total. The van der Waals surface area contributed by atoms with Gasteiger partial charge in [-0.05, 0) is 44.6 Å². The molecule has 2 bridgehead atoms. The molecule has 8 heteroatoms. The van der Waals surface area contributed by atoms with Crippen LogP contribution in [0.1, 0.15) is 63.4 Å². The van der Waals surface area contributed by atoms with Crippen LogP contribution in [0.25, 0.3) is 0 Å². The molecule has 3 aliphatic heterocycles. The molecular formula is C23H24FN3O4. The lowest BCUT2D eigenvalue weighted by Crippen LogP contribution is -2.52. The number of nitrogens with zero attached hydrogens (tertiary/aromatic N) is 2. The zero-order valence-electron chi connectivity index (χ0n) is 17.3. The van der Waals surface area contributed by atoms with Crippen LogP contribution < -0.4 is 10.7 Å². The number of aromatic hydroxyl groups is 1. The molecule has 3 aliphatic rings. The van der Waals surface area contributed by atoms with Crippen LogP contribution in [0.3, 0.4) is 0 Å². The predicted octanol–water partition coefficient (Wildman–Crippen LogP) is 2.21. The van der Waals surface area contributed by atoms with Gasteiger partial charge < -0.3 is 19.9 Å². The van der Waals surface area contributed by atoms with Crippen LogP contribution >= 0.6 is 0 Å². The molecule has 2 N–H and O–H groups in total. The van der Waals surface area contributed by atoms with Crippen molar-refractivity contribution >= 4 is 11.8 Å². The fourth-order valence-electron chi connectivity index (χ4n) is 5.45. The maximum Gasteiger partial charge on any atom is 0.274 e. The summed E-state index contributed by atoms with van der Waals surface area (Å²) in [6.45, 7) is 2.70. The van der Waals surface area contributed by atoms with Gasteiger partial charge in [0.1, 0.15) is 11.4 Å². The minimum atomic E-state index is -0.839. The fourth-order valence-corrected chi connectivity index (χ4v) is 5.45. The number of aryl methyl sites for hydroxylation is 1. The van der Waals surface area contributed by atoms with E-state index in [4.69, 9.17) is 0 Å². The molecule has 1 fully saturated rings. The summed E-state index contributed by atoms with van der Waals surface area (Å²) in [5.41, 5.74) is -0.0849. The Hall–Kier alpha value is -3.16. The highest BCUT2D eigenvalue weighted by Crippen LogP contribution is 2.45. The van der Waals surface area contributed by atoms with Crippen molar-refractivity contribution in [3.8, 4) is 5.75 Å². The van der Waals surface area contributed by atoms with Crippen LogP contribution in [0.15, 0.2) is 23.0 Å². The summed E-state index contributed by atoms with van der Waals surface area (Å²) in [7, 11) is 0. The van der Waals surface area contributed by atoms with E-state index in [9.17, 15) is 23.9 Å². The number of nitrogens with one attached hydrogen (secondary N) is 1. The zero-order chi connectivity index (χ0) is 21.9. The highest BCUT2D eigenvalue weighted by Gasteiger charge is 2.50. The van der Waals surface area contributed by atoms with Crippen LogP contribution in [0.4, 0.5) is 4.39 Å². The number of halogens is 1. The molecule has 162 valence electrons. The predicted molar refractivity (Wildman–Crippen MR) is 111 cm³/mol. The Morgan fingerprint density at radius 1 is 1.26 bits per heavy atom. The molecule has 1 spiro atoms. The maximum absolute atomic E-state index is 14.3. The molecule has 5 rings (SSSR count). The first kappa shape index (κ1) is 19.8. The van der Waals surface area contributed by atoms with Crippen molar-refractivity contribution in [2.24, 2.45) is 0 Å². The van der Waals surface area contributed by atoms with E-state index in [1.54, 1.807) is 34.6 Å². The van der Waals surface area contributed by atoms with Gasteiger partial charge in [0.25, 0.3) is 11.8 Å². The van der Waals surface area contributed by atoms with E-state index in [0.717, 1.165) is 19.3 Å². The topological polar surface area (TPSA) is 91.6 Å². The molecule has 1 saturated heterocycles. The highest BCUT2D eigenvalue weighted by molar-refractivity contribution is 6.00. The van der Waals surface area contributed by atoms with Gasteiger partial charge in [-0.2, -0.15) is 0 Å². The van der Waals surface area contributed by atoms with Crippen LogP contribution in [0.5, 0.6) is 5.75 Å². The first-order valence-electron chi connectivity index (χ1n) is 10.7. The molecular weight excluding hydrogens is 401 g/mol. The minimum Gasteiger partial charge on any atom is -0.503 e. The van der Waals surface area contributed by atoms with E-state index in [1.807, 2.05) is 0 Å². The van der Waals surface area contributed by atoms with Crippen molar-refractivity contribution in [1.82, 2.24) is 14.8 Å². The van der Waals surface area contributed by atoms with Crippen LogP contribution in [0.2, 0.25) is 0 Å². The number of carbonyl (C=O) groups excluding carboxylic acids is 2. The number of hydrogen-bond acceptors (Lipinski definition) is 4. The molecule has 1 aromatic heterocycles. The third-order valence-corrected chi connectivity index (χ3v) is 6.98. The summed E-state index contributed by atoms with van der Waals surface area (Å²) >= 11 is 0. The average Bonchev–Trinajstić information content (AvgIpc) is 2.98. The largest absolute Gasteiger partial charge is 0.503 e. The molecule has 0 radical (unpaired) electrons. The summed E-state index contributed by atoms with van der Waals surface area (Å²) in [5.74, 6) is -2.09. The number of benzene rings is 1. The lowest BCUT2D eigenvalue weighted by molar-refractivity contribution is 0.0584. The monoisotopic (exact) mass is 425 g/mol. The molecule has 2 aromatic rings. The summed E-state index contributed by atoms with van der Waals surface area (Å²) in [4.78, 5) is 40.8. The van der Waals surface area contributed by atoms with Gasteiger partial charge >= 0.3 is 0 Å². The van der Waals surface area contributed by atoms with Crippen molar-refractivity contribution in [2.45, 2.75) is 51.1 Å². The Morgan fingerprint density at radius 2 is 2.06 bits per heavy atom. The van der Waals surface area contributed by atoms with Gasteiger partial charge in [-0.25, -0.2) is 4.39 Å². The van der Waals surface area contributed by atoms with Crippen molar-refractivity contribution in [3.63, 3.8) is 0 Å². The van der Waals surface area contributed by atoms with Gasteiger partial charge in [0.05, 0.1) is 5.54 Å². The number of amides is 2. The van der Waals surface area contributed by atoms with Gasteiger partial charge in [-0.1, -0.05) is 18.2 Å². The second kappa shape index (κ2) is 6.93.